The van der Waals surface area contributed by atoms with Crippen molar-refractivity contribution >= 4 is 17.3 Å². The minimum atomic E-state index is -0.670. The number of aliphatic hydroxyl groups excluding tert-OH is 1. The molecule has 8 nitrogen and oxygen atoms in total. The van der Waals surface area contributed by atoms with E-state index in [0.29, 0.717) is 11.4 Å². The van der Waals surface area contributed by atoms with Crippen LogP contribution in [0.25, 0.3) is 5.69 Å². The number of nitrogens with zero attached hydrogens (tertiary/aromatic N) is 4. The van der Waals surface area contributed by atoms with Crippen molar-refractivity contribution < 1.29 is 15.3 Å². The molecule has 0 amide bonds. The van der Waals surface area contributed by atoms with Gasteiger partial charge in [-0.1, -0.05) is 0 Å². The quantitative estimate of drug-likeness (QED) is 0.404. The Morgan fingerprint density at radius 2 is 2.26 bits per heavy atom. The van der Waals surface area contributed by atoms with Crippen LogP contribution in [0.1, 0.15) is 0 Å². The summed E-state index contributed by atoms with van der Waals surface area (Å²) in [6, 6.07) is 4.86. The van der Waals surface area contributed by atoms with Gasteiger partial charge in [-0.25, -0.2) is 9.94 Å². The first-order chi connectivity index (χ1) is 9.22. The summed E-state index contributed by atoms with van der Waals surface area (Å²) in [5.74, 6) is 0.346. The number of rotatable bonds is 6. The Hall–Kier alpha value is -1.90. The molecule has 1 unspecified atom stereocenters. The Morgan fingerprint density at radius 3 is 2.89 bits per heavy atom. The number of halogens is 1. The lowest BCUT2D eigenvalue weighted by atomic mass is 10.2. The molecule has 2 aromatic rings. The van der Waals surface area contributed by atoms with Crippen molar-refractivity contribution in [3.05, 3.63) is 24.5 Å². The van der Waals surface area contributed by atoms with Crippen molar-refractivity contribution in [3.8, 4) is 11.4 Å². The van der Waals surface area contributed by atoms with E-state index in [4.69, 9.17) is 16.9 Å². The maximum atomic E-state index is 9.39. The molecule has 0 fully saturated rings. The smallest absolute Gasteiger partial charge is 0.169 e. The first-order valence-electron chi connectivity index (χ1n) is 5.40. The van der Waals surface area contributed by atoms with Crippen molar-refractivity contribution in [3.63, 3.8) is 0 Å². The van der Waals surface area contributed by atoms with Gasteiger partial charge in [0.1, 0.15) is 6.33 Å². The molecule has 1 aromatic heterocycles. The van der Waals surface area contributed by atoms with Crippen LogP contribution in [0.4, 0.5) is 5.69 Å². The predicted octanol–water partition coefficient (Wildman–Crippen LogP) is 0.526. The Labute approximate surface area is 113 Å². The first kappa shape index (κ1) is 13.5. The number of anilines is 1. The van der Waals surface area contributed by atoms with E-state index in [-0.39, 0.29) is 18.2 Å². The van der Waals surface area contributed by atoms with Crippen LogP contribution in [0.5, 0.6) is 5.75 Å². The van der Waals surface area contributed by atoms with Crippen molar-refractivity contribution in [2.45, 2.75) is 6.10 Å². The van der Waals surface area contributed by atoms with Gasteiger partial charge in [-0.3, -0.25) is 0 Å². The van der Waals surface area contributed by atoms with Crippen molar-refractivity contribution in [1.82, 2.24) is 20.2 Å². The van der Waals surface area contributed by atoms with E-state index in [0.717, 1.165) is 0 Å². The number of hydrogen-bond donors (Lipinski definition) is 3. The number of alkyl halides is 1. The molecule has 0 bridgehead atoms. The molecule has 3 N–H and O–H groups in total. The van der Waals surface area contributed by atoms with Gasteiger partial charge in [-0.05, 0) is 16.5 Å². The van der Waals surface area contributed by atoms with Gasteiger partial charge in [-0.2, -0.15) is 0 Å². The number of hydrogen-bond acceptors (Lipinski definition) is 7. The zero-order valence-electron chi connectivity index (χ0n) is 9.77. The van der Waals surface area contributed by atoms with Gasteiger partial charge in [0, 0.05) is 24.4 Å². The minimum absolute atomic E-state index is 0.128. The van der Waals surface area contributed by atoms with Crippen LogP contribution in [0.2, 0.25) is 0 Å². The van der Waals surface area contributed by atoms with Crippen LogP contribution in [-0.2, 0) is 0 Å². The summed E-state index contributed by atoms with van der Waals surface area (Å²) in [5, 5.41) is 31.9. The summed E-state index contributed by atoms with van der Waals surface area (Å²) in [5.41, 5.74) is 1.22. The highest BCUT2D eigenvalue weighted by Gasteiger charge is 2.07. The first-order valence-corrected chi connectivity index (χ1v) is 5.94. The van der Waals surface area contributed by atoms with E-state index in [2.05, 4.69) is 25.7 Å². The van der Waals surface area contributed by atoms with Gasteiger partial charge in [0.25, 0.3) is 0 Å². The lowest BCUT2D eigenvalue weighted by molar-refractivity contribution is -0.137. The number of tetrazole rings is 1. The van der Waals surface area contributed by atoms with Gasteiger partial charge < -0.3 is 15.3 Å². The number of aromatic nitrogens is 4. The highest BCUT2D eigenvalue weighted by molar-refractivity contribution is 6.18. The molecule has 0 aliphatic carbocycles. The van der Waals surface area contributed by atoms with Crippen LogP contribution in [0.3, 0.4) is 0 Å². The van der Waals surface area contributed by atoms with Gasteiger partial charge >= 0.3 is 0 Å². The fraction of sp³-hybridized carbons (Fsp3) is 0.300. The third-order valence-corrected chi connectivity index (χ3v) is 2.69. The highest BCUT2D eigenvalue weighted by Crippen LogP contribution is 2.22. The molecule has 0 radical (unpaired) electrons. The SMILES string of the molecule is OOc1cc(NCC(O)CCl)cc(-n2cnnn2)c1. The van der Waals surface area contributed by atoms with Crippen molar-refractivity contribution in [2.75, 3.05) is 17.7 Å². The molecule has 0 saturated heterocycles. The topological polar surface area (TPSA) is 105 Å². The van der Waals surface area contributed by atoms with Crippen LogP contribution in [0, 0.1) is 0 Å². The second kappa shape index (κ2) is 6.32. The van der Waals surface area contributed by atoms with Crippen LogP contribution < -0.4 is 10.2 Å². The van der Waals surface area contributed by atoms with Gasteiger partial charge in [0.2, 0.25) is 0 Å². The van der Waals surface area contributed by atoms with Crippen molar-refractivity contribution in [1.29, 1.82) is 0 Å². The molecule has 2 rings (SSSR count). The van der Waals surface area contributed by atoms with E-state index in [1.807, 2.05) is 0 Å². The standard InChI is InChI=1S/C10H12ClN5O3/c11-4-9(17)5-12-7-1-8(3-10(2-7)19-18)16-6-13-14-15-16/h1-3,6,9,12,17-18H,4-5H2. The van der Waals surface area contributed by atoms with Crippen LogP contribution >= 0.6 is 11.6 Å². The zero-order chi connectivity index (χ0) is 13.7. The Balaban J connectivity index is 2.21. The maximum Gasteiger partial charge on any atom is 0.169 e. The number of nitrogens with one attached hydrogen (secondary N) is 1. The van der Waals surface area contributed by atoms with Crippen LogP contribution in [0.15, 0.2) is 24.5 Å². The van der Waals surface area contributed by atoms with Gasteiger partial charge in [-0.15, -0.1) is 16.7 Å². The third kappa shape index (κ3) is 3.53. The Morgan fingerprint density at radius 1 is 1.42 bits per heavy atom. The summed E-state index contributed by atoms with van der Waals surface area (Å²) in [7, 11) is 0. The summed E-state index contributed by atoms with van der Waals surface area (Å²) in [6.07, 6.45) is 0.741. The molecule has 1 heterocycles. The third-order valence-electron chi connectivity index (χ3n) is 2.33. The molecular weight excluding hydrogens is 274 g/mol. The minimum Gasteiger partial charge on any atom is -0.390 e. The fourth-order valence-electron chi connectivity index (χ4n) is 1.44. The molecule has 19 heavy (non-hydrogen) atoms. The molecule has 0 saturated carbocycles. The Kier molecular flexibility index (Phi) is 4.50. The van der Waals surface area contributed by atoms with E-state index < -0.39 is 6.10 Å². The van der Waals surface area contributed by atoms with Crippen molar-refractivity contribution in [2.24, 2.45) is 0 Å². The lowest BCUT2D eigenvalue weighted by Gasteiger charge is -2.12. The highest BCUT2D eigenvalue weighted by atomic mass is 35.5. The summed E-state index contributed by atoms with van der Waals surface area (Å²) in [6.45, 7) is 0.271. The largest absolute Gasteiger partial charge is 0.390 e. The summed E-state index contributed by atoms with van der Waals surface area (Å²) >= 11 is 5.50. The van der Waals surface area contributed by atoms with E-state index in [1.54, 1.807) is 18.2 Å². The fourth-order valence-corrected chi connectivity index (χ4v) is 1.55. The van der Waals surface area contributed by atoms with E-state index in [1.165, 1.54) is 11.0 Å². The second-order valence-electron chi connectivity index (χ2n) is 3.75. The molecule has 1 aromatic carbocycles. The number of benzene rings is 1. The molecular formula is C10H12ClN5O3. The van der Waals surface area contributed by atoms with Gasteiger partial charge in [0.05, 0.1) is 17.7 Å². The average molecular weight is 286 g/mol. The van der Waals surface area contributed by atoms with Crippen LogP contribution in [-0.4, -0.2) is 49.1 Å². The zero-order valence-corrected chi connectivity index (χ0v) is 10.5. The Bertz CT molecular complexity index is 522. The average Bonchev–Trinajstić information content (AvgIpc) is 2.98. The molecule has 0 aliphatic heterocycles. The number of aliphatic hydroxyl groups is 1. The summed E-state index contributed by atoms with van der Waals surface area (Å²) in [4.78, 5) is 4.22. The van der Waals surface area contributed by atoms with E-state index >= 15 is 0 Å². The monoisotopic (exact) mass is 285 g/mol. The predicted molar refractivity (Wildman–Crippen MR) is 67.6 cm³/mol. The molecule has 0 aliphatic rings. The molecule has 1 atom stereocenters. The van der Waals surface area contributed by atoms with Gasteiger partial charge in [0.15, 0.2) is 5.75 Å². The second-order valence-corrected chi connectivity index (χ2v) is 4.06. The summed E-state index contributed by atoms with van der Waals surface area (Å²) < 4.78 is 1.41. The normalized spacial score (nSPS) is 12.2. The maximum absolute atomic E-state index is 9.39. The molecule has 102 valence electrons. The van der Waals surface area contributed by atoms with E-state index in [9.17, 15) is 5.11 Å². The molecule has 0 spiro atoms. The lowest BCUT2D eigenvalue weighted by Crippen LogP contribution is -2.20. The molecule has 9 heteroatoms.